The highest BCUT2D eigenvalue weighted by molar-refractivity contribution is 7.16. The predicted molar refractivity (Wildman–Crippen MR) is 92.6 cm³/mol. The molecule has 0 bridgehead atoms. The van der Waals surface area contributed by atoms with Gasteiger partial charge in [-0.05, 0) is 37.3 Å². The van der Waals surface area contributed by atoms with Gasteiger partial charge in [-0.2, -0.15) is 4.99 Å². The first-order valence-corrected chi connectivity index (χ1v) is 8.51. The molecule has 0 fully saturated rings. The van der Waals surface area contributed by atoms with Crippen LogP contribution in [0.15, 0.2) is 53.5 Å². The Balaban J connectivity index is 2.03. The molecular weight excluding hydrogens is 327 g/mol. The summed E-state index contributed by atoms with van der Waals surface area (Å²) in [6.45, 7) is 3.72. The highest BCUT2D eigenvalue weighted by Gasteiger charge is 2.09. The molecular formula is C18H17FN2O2S. The molecule has 0 aliphatic carbocycles. The van der Waals surface area contributed by atoms with E-state index in [2.05, 4.69) is 4.99 Å². The summed E-state index contributed by atoms with van der Waals surface area (Å²) in [6.07, 6.45) is 0. The van der Waals surface area contributed by atoms with Crippen molar-refractivity contribution in [3.8, 4) is 0 Å². The van der Waals surface area contributed by atoms with Crippen LogP contribution in [0.1, 0.15) is 17.3 Å². The monoisotopic (exact) mass is 344 g/mol. The zero-order valence-electron chi connectivity index (χ0n) is 13.2. The van der Waals surface area contributed by atoms with Crippen LogP contribution in [0.3, 0.4) is 0 Å². The lowest BCUT2D eigenvalue weighted by Gasteiger charge is -2.05. The number of amides is 1. The van der Waals surface area contributed by atoms with Gasteiger partial charge >= 0.3 is 0 Å². The van der Waals surface area contributed by atoms with Gasteiger partial charge < -0.3 is 9.30 Å². The average Bonchev–Trinajstić information content (AvgIpc) is 2.92. The summed E-state index contributed by atoms with van der Waals surface area (Å²) >= 11 is 1.44. The summed E-state index contributed by atoms with van der Waals surface area (Å²) in [5.74, 6) is -0.900. The number of nitrogens with zero attached hydrogens (tertiary/aromatic N) is 2. The zero-order valence-corrected chi connectivity index (χ0v) is 14.1. The van der Waals surface area contributed by atoms with E-state index in [9.17, 15) is 9.18 Å². The van der Waals surface area contributed by atoms with Crippen molar-refractivity contribution in [3.05, 3.63) is 64.7 Å². The molecule has 0 N–H and O–H groups in total. The quantitative estimate of drug-likeness (QED) is 0.664. The van der Waals surface area contributed by atoms with Crippen molar-refractivity contribution >= 4 is 27.5 Å². The van der Waals surface area contributed by atoms with E-state index in [1.807, 2.05) is 35.8 Å². The number of hydrogen-bond donors (Lipinski definition) is 0. The second kappa shape index (κ2) is 7.51. The molecule has 0 saturated carbocycles. The summed E-state index contributed by atoms with van der Waals surface area (Å²) in [7, 11) is 0. The third-order valence-electron chi connectivity index (χ3n) is 3.52. The van der Waals surface area contributed by atoms with Crippen molar-refractivity contribution < 1.29 is 13.9 Å². The molecule has 0 radical (unpaired) electrons. The van der Waals surface area contributed by atoms with E-state index in [0.717, 1.165) is 10.2 Å². The number of carbonyl (C=O) groups excluding carboxylic acids is 1. The molecule has 0 aliphatic rings. The number of aromatic nitrogens is 1. The second-order valence-electron chi connectivity index (χ2n) is 5.13. The van der Waals surface area contributed by atoms with Crippen molar-refractivity contribution in [1.29, 1.82) is 0 Å². The standard InChI is InChI=1S/C18H17FN2O2S/c1-2-23-11-10-21-15-8-3-4-9-16(15)24-18(21)20-17(22)13-6-5-7-14(19)12-13/h3-9,12H,2,10-11H2,1H3. The number of rotatable bonds is 5. The first kappa shape index (κ1) is 16.5. The zero-order chi connectivity index (χ0) is 16.9. The topological polar surface area (TPSA) is 43.6 Å². The summed E-state index contributed by atoms with van der Waals surface area (Å²) in [5.41, 5.74) is 1.25. The molecule has 2 aromatic carbocycles. The third-order valence-corrected chi connectivity index (χ3v) is 4.58. The number of thiazole rings is 1. The second-order valence-corrected chi connectivity index (χ2v) is 6.14. The van der Waals surface area contributed by atoms with Crippen LogP contribution in [0.5, 0.6) is 0 Å². The molecule has 1 amide bonds. The van der Waals surface area contributed by atoms with Gasteiger partial charge in [0.2, 0.25) is 0 Å². The maximum Gasteiger partial charge on any atom is 0.279 e. The molecule has 1 heterocycles. The first-order chi connectivity index (χ1) is 11.7. The van der Waals surface area contributed by atoms with E-state index in [1.54, 1.807) is 6.07 Å². The Morgan fingerprint density at radius 3 is 2.88 bits per heavy atom. The molecule has 1 aromatic heterocycles. The molecule has 0 unspecified atom stereocenters. The molecule has 0 atom stereocenters. The molecule has 24 heavy (non-hydrogen) atoms. The van der Waals surface area contributed by atoms with Crippen LogP contribution in [-0.4, -0.2) is 23.7 Å². The van der Waals surface area contributed by atoms with Crippen molar-refractivity contribution in [3.63, 3.8) is 0 Å². The fourth-order valence-electron chi connectivity index (χ4n) is 2.40. The van der Waals surface area contributed by atoms with E-state index >= 15 is 0 Å². The fourth-order valence-corrected chi connectivity index (χ4v) is 3.45. The third kappa shape index (κ3) is 3.60. The Hall–Kier alpha value is -2.31. The number of halogens is 1. The number of fused-ring (bicyclic) bond motifs is 1. The van der Waals surface area contributed by atoms with E-state index < -0.39 is 11.7 Å². The number of carbonyl (C=O) groups is 1. The Morgan fingerprint density at radius 2 is 2.08 bits per heavy atom. The Bertz CT molecular complexity index is 930. The molecule has 4 nitrogen and oxygen atoms in total. The lowest BCUT2D eigenvalue weighted by Crippen LogP contribution is -2.19. The van der Waals surface area contributed by atoms with Gasteiger partial charge in [0, 0.05) is 18.7 Å². The Kier molecular flexibility index (Phi) is 5.17. The average molecular weight is 344 g/mol. The minimum Gasteiger partial charge on any atom is -0.380 e. The maximum atomic E-state index is 13.3. The predicted octanol–water partition coefficient (Wildman–Crippen LogP) is 3.62. The number of benzene rings is 2. The van der Waals surface area contributed by atoms with Crippen molar-refractivity contribution in [2.45, 2.75) is 13.5 Å². The van der Waals surface area contributed by atoms with E-state index in [-0.39, 0.29) is 5.56 Å². The molecule has 0 aliphatic heterocycles. The molecule has 6 heteroatoms. The molecule has 0 spiro atoms. The van der Waals surface area contributed by atoms with Gasteiger partial charge in [0.15, 0.2) is 4.80 Å². The van der Waals surface area contributed by atoms with Crippen LogP contribution in [-0.2, 0) is 11.3 Å². The molecule has 3 rings (SSSR count). The van der Waals surface area contributed by atoms with Gasteiger partial charge in [-0.25, -0.2) is 4.39 Å². The van der Waals surface area contributed by atoms with Gasteiger partial charge in [0.25, 0.3) is 5.91 Å². The van der Waals surface area contributed by atoms with Crippen LogP contribution in [0.2, 0.25) is 0 Å². The number of ether oxygens (including phenoxy) is 1. The van der Waals surface area contributed by atoms with E-state index in [1.165, 1.54) is 29.5 Å². The van der Waals surface area contributed by atoms with Gasteiger partial charge in [-0.1, -0.05) is 29.5 Å². The largest absolute Gasteiger partial charge is 0.380 e. The maximum absolute atomic E-state index is 13.3. The number of hydrogen-bond acceptors (Lipinski definition) is 3. The highest BCUT2D eigenvalue weighted by atomic mass is 32.1. The van der Waals surface area contributed by atoms with Crippen LogP contribution in [0.4, 0.5) is 4.39 Å². The van der Waals surface area contributed by atoms with E-state index in [4.69, 9.17) is 4.74 Å². The van der Waals surface area contributed by atoms with Gasteiger partial charge in [-0.3, -0.25) is 4.79 Å². The highest BCUT2D eigenvalue weighted by Crippen LogP contribution is 2.17. The van der Waals surface area contributed by atoms with E-state index in [0.29, 0.717) is 24.6 Å². The van der Waals surface area contributed by atoms with Gasteiger partial charge in [0.05, 0.1) is 16.8 Å². The van der Waals surface area contributed by atoms with Crippen LogP contribution in [0.25, 0.3) is 10.2 Å². The lowest BCUT2D eigenvalue weighted by molar-refractivity contribution is 0.0996. The SMILES string of the molecule is CCOCCn1c(=NC(=O)c2cccc(F)c2)sc2ccccc21. The molecule has 124 valence electrons. The molecule has 3 aromatic rings. The van der Waals surface area contributed by atoms with Crippen molar-refractivity contribution in [2.75, 3.05) is 13.2 Å². The summed E-state index contributed by atoms with van der Waals surface area (Å²) < 4.78 is 21.7. The smallest absolute Gasteiger partial charge is 0.279 e. The lowest BCUT2D eigenvalue weighted by atomic mass is 10.2. The molecule has 0 saturated heterocycles. The van der Waals surface area contributed by atoms with Crippen molar-refractivity contribution in [1.82, 2.24) is 4.57 Å². The van der Waals surface area contributed by atoms with Crippen LogP contribution in [0, 0.1) is 5.82 Å². The van der Waals surface area contributed by atoms with Gasteiger partial charge in [0.1, 0.15) is 5.82 Å². The Labute approximate surface area is 142 Å². The normalized spacial score (nSPS) is 12.0. The minimum absolute atomic E-state index is 0.240. The van der Waals surface area contributed by atoms with Crippen molar-refractivity contribution in [2.24, 2.45) is 4.99 Å². The fraction of sp³-hybridized carbons (Fsp3) is 0.222. The van der Waals surface area contributed by atoms with Gasteiger partial charge in [-0.15, -0.1) is 0 Å². The summed E-state index contributed by atoms with van der Waals surface area (Å²) in [4.78, 5) is 17.1. The minimum atomic E-state index is -0.453. The van der Waals surface area contributed by atoms with Crippen LogP contribution < -0.4 is 4.80 Å². The summed E-state index contributed by atoms with van der Waals surface area (Å²) in [6, 6.07) is 13.4. The Morgan fingerprint density at radius 1 is 1.25 bits per heavy atom. The summed E-state index contributed by atoms with van der Waals surface area (Å²) in [5, 5.41) is 0. The van der Waals surface area contributed by atoms with Crippen LogP contribution >= 0.6 is 11.3 Å². The number of para-hydroxylation sites is 1. The first-order valence-electron chi connectivity index (χ1n) is 7.70.